The molecule has 1 aromatic heterocycles. The van der Waals surface area contributed by atoms with E-state index in [1.807, 2.05) is 0 Å². The second-order valence-corrected chi connectivity index (χ2v) is 7.04. The van der Waals surface area contributed by atoms with E-state index in [1.54, 1.807) is 0 Å². The summed E-state index contributed by atoms with van der Waals surface area (Å²) in [6, 6.07) is 0. The number of aryl methyl sites for hydroxylation is 1. The highest BCUT2D eigenvalue weighted by atomic mass is 16.5. The Hall–Kier alpha value is -1.20. The van der Waals surface area contributed by atoms with Gasteiger partial charge in [0.15, 0.2) is 0 Å². The Morgan fingerprint density at radius 1 is 1.38 bits per heavy atom. The van der Waals surface area contributed by atoms with E-state index in [0.717, 1.165) is 50.2 Å². The summed E-state index contributed by atoms with van der Waals surface area (Å²) in [6.45, 7) is 6.72. The van der Waals surface area contributed by atoms with Crippen LogP contribution in [0.15, 0.2) is 0 Å². The molecule has 2 aliphatic heterocycles. The lowest BCUT2D eigenvalue weighted by atomic mass is 9.80. The van der Waals surface area contributed by atoms with Gasteiger partial charge in [-0.3, -0.25) is 0 Å². The molecule has 4 rings (SSSR count). The first kappa shape index (κ1) is 13.5. The van der Waals surface area contributed by atoms with Crippen molar-refractivity contribution in [2.45, 2.75) is 38.2 Å². The van der Waals surface area contributed by atoms with E-state index < -0.39 is 0 Å². The maximum Gasteiger partial charge on any atom is 0.223 e. The quantitative estimate of drug-likeness (QED) is 0.917. The van der Waals surface area contributed by atoms with Crippen LogP contribution < -0.4 is 5.32 Å². The molecule has 1 N–H and O–H groups in total. The van der Waals surface area contributed by atoms with E-state index in [-0.39, 0.29) is 5.41 Å². The average molecular weight is 288 g/mol. The van der Waals surface area contributed by atoms with Gasteiger partial charge in [0, 0.05) is 24.3 Å². The van der Waals surface area contributed by atoms with Gasteiger partial charge < -0.3 is 15.0 Å². The molecular weight excluding hydrogens is 264 g/mol. The highest BCUT2D eigenvalue weighted by molar-refractivity contribution is 5.40. The number of hydrogen-bond acceptors (Lipinski definition) is 5. The fourth-order valence-electron chi connectivity index (χ4n) is 3.65. The normalized spacial score (nSPS) is 28.9. The van der Waals surface area contributed by atoms with Crippen LogP contribution in [0, 0.1) is 12.8 Å². The molecule has 1 unspecified atom stereocenters. The smallest absolute Gasteiger partial charge is 0.223 e. The van der Waals surface area contributed by atoms with Gasteiger partial charge in [-0.1, -0.05) is 0 Å². The average Bonchev–Trinajstić information content (AvgIpc) is 3.22. The largest absolute Gasteiger partial charge is 0.376 e. The van der Waals surface area contributed by atoms with Gasteiger partial charge in [0.1, 0.15) is 0 Å². The summed E-state index contributed by atoms with van der Waals surface area (Å²) in [5.41, 5.74) is 3.61. The second-order valence-electron chi connectivity index (χ2n) is 7.04. The Balaban J connectivity index is 1.68. The fourth-order valence-corrected chi connectivity index (χ4v) is 3.65. The van der Waals surface area contributed by atoms with Crippen molar-refractivity contribution in [1.29, 1.82) is 0 Å². The van der Waals surface area contributed by atoms with E-state index in [9.17, 15) is 0 Å². The first-order valence-corrected chi connectivity index (χ1v) is 8.04. The van der Waals surface area contributed by atoms with Crippen LogP contribution in [0.5, 0.6) is 0 Å². The lowest BCUT2D eigenvalue weighted by Crippen LogP contribution is -2.40. The van der Waals surface area contributed by atoms with Crippen molar-refractivity contribution >= 4 is 5.95 Å². The van der Waals surface area contributed by atoms with Crippen molar-refractivity contribution in [1.82, 2.24) is 14.9 Å². The Morgan fingerprint density at radius 2 is 2.24 bits per heavy atom. The lowest BCUT2D eigenvalue weighted by molar-refractivity contribution is 0.0512. The summed E-state index contributed by atoms with van der Waals surface area (Å²) in [4.78, 5) is 11.9. The monoisotopic (exact) mass is 288 g/mol. The van der Waals surface area contributed by atoms with Gasteiger partial charge in [-0.25, -0.2) is 9.97 Å². The van der Waals surface area contributed by atoms with E-state index in [1.165, 1.54) is 24.1 Å². The van der Waals surface area contributed by atoms with E-state index in [2.05, 4.69) is 29.2 Å². The number of nitrogens with zero attached hydrogens (tertiary/aromatic N) is 3. The van der Waals surface area contributed by atoms with Gasteiger partial charge in [0.05, 0.1) is 24.3 Å². The summed E-state index contributed by atoms with van der Waals surface area (Å²) in [5.74, 6) is 1.65. The van der Waals surface area contributed by atoms with Gasteiger partial charge in [0.25, 0.3) is 0 Å². The predicted octanol–water partition coefficient (Wildman–Crippen LogP) is 1.71. The number of nitrogens with one attached hydrogen (secondary N) is 1. The molecule has 0 aromatic carbocycles. The van der Waals surface area contributed by atoms with Crippen molar-refractivity contribution in [2.75, 3.05) is 38.6 Å². The van der Waals surface area contributed by atoms with Crippen LogP contribution >= 0.6 is 0 Å². The molecule has 5 heteroatoms. The Kier molecular flexibility index (Phi) is 3.15. The highest BCUT2D eigenvalue weighted by Crippen LogP contribution is 2.39. The zero-order chi connectivity index (χ0) is 14.4. The molecular formula is C16H24N4O. The molecule has 21 heavy (non-hydrogen) atoms. The molecule has 114 valence electrons. The molecule has 1 spiro atoms. The molecule has 0 amide bonds. The number of anilines is 1. The maximum atomic E-state index is 5.88. The SMILES string of the molecule is Cc1nc(NCC2CC2)nc2c1COCC21CCN(C)C1. The van der Waals surface area contributed by atoms with Gasteiger partial charge in [-0.15, -0.1) is 0 Å². The molecule has 1 atom stereocenters. The van der Waals surface area contributed by atoms with Crippen molar-refractivity contribution in [2.24, 2.45) is 5.92 Å². The Bertz CT molecular complexity index is 557. The summed E-state index contributed by atoms with van der Waals surface area (Å²) in [5, 5.41) is 3.44. The fraction of sp³-hybridized carbons (Fsp3) is 0.750. The first-order chi connectivity index (χ1) is 10.2. The third-order valence-corrected chi connectivity index (χ3v) is 5.13. The Labute approximate surface area is 126 Å². The minimum Gasteiger partial charge on any atom is -0.376 e. The number of likely N-dealkylation sites (tertiary alicyclic amines) is 1. The molecule has 0 bridgehead atoms. The predicted molar refractivity (Wildman–Crippen MR) is 81.4 cm³/mol. The number of likely N-dealkylation sites (N-methyl/N-ethyl adjacent to an activating group) is 1. The standard InChI is InChI=1S/C16H24N4O/c1-11-13-8-21-10-16(5-6-20(2)9-16)14(13)19-15(18-11)17-7-12-3-4-12/h12H,3-10H2,1-2H3,(H,17,18,19). The van der Waals surface area contributed by atoms with Crippen molar-refractivity contribution in [3.63, 3.8) is 0 Å². The van der Waals surface area contributed by atoms with Crippen LogP contribution in [0.25, 0.3) is 0 Å². The number of aromatic nitrogens is 2. The highest BCUT2D eigenvalue weighted by Gasteiger charge is 2.44. The third-order valence-electron chi connectivity index (χ3n) is 5.13. The van der Waals surface area contributed by atoms with Crippen LogP contribution in [0.4, 0.5) is 5.95 Å². The number of ether oxygens (including phenoxy) is 1. The second kappa shape index (κ2) is 4.92. The minimum absolute atomic E-state index is 0.0754. The minimum atomic E-state index is 0.0754. The summed E-state index contributed by atoms with van der Waals surface area (Å²) in [7, 11) is 2.18. The molecule has 5 nitrogen and oxygen atoms in total. The van der Waals surface area contributed by atoms with E-state index in [4.69, 9.17) is 9.72 Å². The van der Waals surface area contributed by atoms with Crippen LogP contribution in [-0.2, 0) is 16.8 Å². The molecule has 3 heterocycles. The van der Waals surface area contributed by atoms with E-state index >= 15 is 0 Å². The first-order valence-electron chi connectivity index (χ1n) is 8.04. The Morgan fingerprint density at radius 3 is 2.95 bits per heavy atom. The molecule has 0 radical (unpaired) electrons. The van der Waals surface area contributed by atoms with Gasteiger partial charge >= 0.3 is 0 Å². The van der Waals surface area contributed by atoms with Crippen molar-refractivity contribution < 1.29 is 4.74 Å². The molecule has 1 aliphatic carbocycles. The maximum absolute atomic E-state index is 5.88. The molecule has 1 saturated heterocycles. The third kappa shape index (κ3) is 2.42. The summed E-state index contributed by atoms with van der Waals surface area (Å²) < 4.78 is 5.88. The molecule has 1 aromatic rings. The van der Waals surface area contributed by atoms with E-state index in [0.29, 0.717) is 6.61 Å². The van der Waals surface area contributed by atoms with Crippen LogP contribution in [-0.4, -0.2) is 48.2 Å². The number of fused-ring (bicyclic) bond motifs is 2. The number of rotatable bonds is 3. The summed E-state index contributed by atoms with van der Waals surface area (Å²) in [6.07, 6.45) is 3.83. The number of hydrogen-bond donors (Lipinski definition) is 1. The summed E-state index contributed by atoms with van der Waals surface area (Å²) >= 11 is 0. The zero-order valence-electron chi connectivity index (χ0n) is 13.0. The van der Waals surface area contributed by atoms with Gasteiger partial charge in [-0.2, -0.15) is 0 Å². The van der Waals surface area contributed by atoms with Crippen LogP contribution in [0.3, 0.4) is 0 Å². The molecule has 3 aliphatic rings. The molecule has 1 saturated carbocycles. The van der Waals surface area contributed by atoms with Crippen molar-refractivity contribution in [3.05, 3.63) is 17.0 Å². The zero-order valence-corrected chi connectivity index (χ0v) is 13.0. The van der Waals surface area contributed by atoms with Crippen molar-refractivity contribution in [3.8, 4) is 0 Å². The van der Waals surface area contributed by atoms with Gasteiger partial charge in [-0.05, 0) is 45.7 Å². The topological polar surface area (TPSA) is 50.3 Å². The van der Waals surface area contributed by atoms with Crippen LogP contribution in [0.1, 0.15) is 36.2 Å². The lowest BCUT2D eigenvalue weighted by Gasteiger charge is -2.35. The van der Waals surface area contributed by atoms with Gasteiger partial charge in [0.2, 0.25) is 5.95 Å². The van der Waals surface area contributed by atoms with Crippen LogP contribution in [0.2, 0.25) is 0 Å². The molecule has 2 fully saturated rings.